The lowest BCUT2D eigenvalue weighted by molar-refractivity contribution is 0.0856. The van der Waals surface area contributed by atoms with Crippen LogP contribution < -0.4 is 0 Å². The van der Waals surface area contributed by atoms with Gasteiger partial charge in [0, 0.05) is 5.41 Å². The second-order valence-corrected chi connectivity index (χ2v) is 7.84. The van der Waals surface area contributed by atoms with Crippen molar-refractivity contribution in [1.82, 2.24) is 0 Å². The van der Waals surface area contributed by atoms with E-state index in [0.29, 0.717) is 30.5 Å². The molecule has 2 atom stereocenters. The van der Waals surface area contributed by atoms with Crippen LogP contribution in [0.15, 0.2) is 29.2 Å². The fourth-order valence-corrected chi connectivity index (χ4v) is 3.41. The summed E-state index contributed by atoms with van der Waals surface area (Å²) in [6, 6.07) is 2.94. The summed E-state index contributed by atoms with van der Waals surface area (Å²) in [6.07, 6.45) is 1.01. The maximum atomic E-state index is 12.7. The second-order valence-electron chi connectivity index (χ2n) is 5.43. The normalized spacial score (nSPS) is 20.2. The molecule has 1 aromatic carbocycles. The van der Waals surface area contributed by atoms with Crippen LogP contribution in [0, 0.1) is 0 Å². The molecule has 1 rings (SSSR count). The van der Waals surface area contributed by atoms with Gasteiger partial charge in [0.1, 0.15) is 4.90 Å². The molecule has 0 heterocycles. The minimum Gasteiger partial charge on any atom is -0.392 e. The van der Waals surface area contributed by atoms with Crippen LogP contribution in [0.2, 0.25) is 0 Å². The molecule has 2 unspecified atom stereocenters. The summed E-state index contributed by atoms with van der Waals surface area (Å²) >= 11 is 0. The van der Waals surface area contributed by atoms with Gasteiger partial charge in [-0.2, -0.15) is 0 Å². The number of aliphatic hydroxyl groups excluding tert-OH is 1. The first-order valence-electron chi connectivity index (χ1n) is 6.79. The molecule has 0 saturated heterocycles. The van der Waals surface area contributed by atoms with Gasteiger partial charge in [-0.15, -0.1) is 0 Å². The van der Waals surface area contributed by atoms with Crippen molar-refractivity contribution in [2.75, 3.05) is 0 Å². The molecule has 0 amide bonds. The molecule has 1 nitrogen and oxygen atoms in total. The highest BCUT2D eigenvalue weighted by atomic mass is 32.5. The second kappa shape index (κ2) is 4.84. The van der Waals surface area contributed by atoms with Crippen molar-refractivity contribution >= 4 is 10.2 Å². The van der Waals surface area contributed by atoms with Crippen molar-refractivity contribution in [3.8, 4) is 0 Å². The summed E-state index contributed by atoms with van der Waals surface area (Å²) in [5.74, 6) is 0. The Kier molecular flexibility index (Phi) is 4.20. The first kappa shape index (κ1) is 18.2. The van der Waals surface area contributed by atoms with Gasteiger partial charge in [-0.3, -0.25) is 0 Å². The zero-order chi connectivity index (χ0) is 16.6. The van der Waals surface area contributed by atoms with Crippen LogP contribution in [0.5, 0.6) is 0 Å². The van der Waals surface area contributed by atoms with Crippen molar-refractivity contribution in [3.63, 3.8) is 0 Å². The molecule has 21 heavy (non-hydrogen) atoms. The van der Waals surface area contributed by atoms with Gasteiger partial charge in [-0.05, 0) is 37.5 Å². The van der Waals surface area contributed by atoms with E-state index in [4.69, 9.17) is 0 Å². The summed E-state index contributed by atoms with van der Waals surface area (Å²) in [5.41, 5.74) is -0.266. The first-order valence-corrected chi connectivity index (χ1v) is 8.74. The van der Waals surface area contributed by atoms with Crippen LogP contribution >= 0.6 is 10.2 Å². The van der Waals surface area contributed by atoms with Gasteiger partial charge in [0.2, 0.25) is 0 Å². The Bertz CT molecular complexity index is 494. The topological polar surface area (TPSA) is 20.2 Å². The zero-order valence-corrected chi connectivity index (χ0v) is 13.1. The van der Waals surface area contributed by atoms with Crippen LogP contribution in [-0.4, -0.2) is 11.2 Å². The molecule has 1 aromatic rings. The van der Waals surface area contributed by atoms with Crippen molar-refractivity contribution < 1.29 is 24.5 Å². The van der Waals surface area contributed by atoms with E-state index in [0.717, 1.165) is 18.6 Å². The van der Waals surface area contributed by atoms with Gasteiger partial charge in [-0.25, -0.2) is 0 Å². The molecule has 0 saturated carbocycles. The number of halogens is 5. The Morgan fingerprint density at radius 1 is 1.05 bits per heavy atom. The van der Waals surface area contributed by atoms with Gasteiger partial charge in [0.05, 0.1) is 6.10 Å². The Labute approximate surface area is 121 Å². The smallest absolute Gasteiger partial charge is 0.310 e. The average molecular weight is 332 g/mol. The number of rotatable bonds is 6. The summed E-state index contributed by atoms with van der Waals surface area (Å²) in [5, 5.41) is 10.0. The molecular formula is C14H21F5OS. The third-order valence-electron chi connectivity index (χ3n) is 4.00. The monoisotopic (exact) mass is 332 g/mol. The standard InChI is InChI=1S/C14H21F5OS/c1-4-10-14(5-2,11(3)20)12-6-8-13(9-7-12)21(15,16,17,18)19/h6-9,11,20H,4-5,10H2,1-3H3. The number of hydrogen-bond donors (Lipinski definition) is 1. The lowest BCUT2D eigenvalue weighted by Gasteiger charge is -2.41. The van der Waals surface area contributed by atoms with Crippen LogP contribution in [0.1, 0.15) is 45.6 Å². The van der Waals surface area contributed by atoms with Crippen LogP contribution in [0.4, 0.5) is 19.4 Å². The molecule has 124 valence electrons. The van der Waals surface area contributed by atoms with Crippen molar-refractivity contribution in [2.24, 2.45) is 0 Å². The third kappa shape index (κ3) is 3.88. The number of hydrogen-bond acceptors (Lipinski definition) is 1. The first-order chi connectivity index (χ1) is 9.26. The highest BCUT2D eigenvalue weighted by Gasteiger charge is 2.65. The van der Waals surface area contributed by atoms with Crippen LogP contribution in [0.3, 0.4) is 0 Å². The van der Waals surface area contributed by atoms with E-state index in [9.17, 15) is 24.5 Å². The van der Waals surface area contributed by atoms with Crippen LogP contribution in [0.25, 0.3) is 0 Å². The maximum Gasteiger partial charge on any atom is 0.310 e. The molecule has 0 radical (unpaired) electrons. The summed E-state index contributed by atoms with van der Waals surface area (Å²) < 4.78 is 63.6. The van der Waals surface area contributed by atoms with Crippen LogP contribution in [-0.2, 0) is 5.41 Å². The Hall–Kier alpha value is -0.820. The van der Waals surface area contributed by atoms with E-state index in [1.165, 1.54) is 0 Å². The third-order valence-corrected chi connectivity index (χ3v) is 5.16. The summed E-state index contributed by atoms with van der Waals surface area (Å²) in [4.78, 5) is -1.90. The lowest BCUT2D eigenvalue weighted by Crippen LogP contribution is -2.37. The van der Waals surface area contributed by atoms with Gasteiger partial charge in [-0.1, -0.05) is 51.8 Å². The number of benzene rings is 1. The van der Waals surface area contributed by atoms with E-state index >= 15 is 0 Å². The molecule has 0 fully saturated rings. The molecular weight excluding hydrogens is 311 g/mol. The predicted molar refractivity (Wildman–Crippen MR) is 76.4 cm³/mol. The van der Waals surface area contributed by atoms with Crippen molar-refractivity contribution in [3.05, 3.63) is 29.8 Å². The highest BCUT2D eigenvalue weighted by molar-refractivity contribution is 8.45. The fourth-order valence-electron chi connectivity index (χ4n) is 2.76. The van der Waals surface area contributed by atoms with E-state index in [1.807, 2.05) is 13.8 Å². The van der Waals surface area contributed by atoms with Gasteiger partial charge >= 0.3 is 10.2 Å². The zero-order valence-electron chi connectivity index (χ0n) is 12.3. The highest BCUT2D eigenvalue weighted by Crippen LogP contribution is 3.02. The van der Waals surface area contributed by atoms with E-state index in [1.54, 1.807) is 6.92 Å². The van der Waals surface area contributed by atoms with Gasteiger partial charge in [0.15, 0.2) is 0 Å². The molecule has 0 aliphatic heterocycles. The Morgan fingerprint density at radius 3 is 1.81 bits per heavy atom. The summed E-state index contributed by atoms with van der Waals surface area (Å²) in [6.45, 7) is 5.29. The lowest BCUT2D eigenvalue weighted by atomic mass is 9.71. The van der Waals surface area contributed by atoms with E-state index < -0.39 is 26.6 Å². The molecule has 0 spiro atoms. The molecule has 0 bridgehead atoms. The largest absolute Gasteiger partial charge is 0.392 e. The van der Waals surface area contributed by atoms with Crippen molar-refractivity contribution in [2.45, 2.75) is 56.4 Å². The quantitative estimate of drug-likeness (QED) is 0.617. The van der Waals surface area contributed by atoms with Crippen molar-refractivity contribution in [1.29, 1.82) is 0 Å². The maximum absolute atomic E-state index is 12.7. The minimum absolute atomic E-state index is 0.416. The Morgan fingerprint density at radius 2 is 1.52 bits per heavy atom. The fraction of sp³-hybridized carbons (Fsp3) is 0.571. The minimum atomic E-state index is -9.64. The Balaban J connectivity index is 3.35. The van der Waals surface area contributed by atoms with Gasteiger partial charge < -0.3 is 5.11 Å². The molecule has 0 aliphatic carbocycles. The SMILES string of the molecule is CCCC(CC)(c1ccc(S(F)(F)(F)(F)F)cc1)C(C)O. The van der Waals surface area contributed by atoms with E-state index in [2.05, 4.69) is 0 Å². The molecule has 7 heteroatoms. The molecule has 1 N–H and O–H groups in total. The molecule has 0 aliphatic rings. The molecule has 0 aromatic heterocycles. The predicted octanol–water partition coefficient (Wildman–Crippen LogP) is 6.17. The average Bonchev–Trinajstić information content (AvgIpc) is 2.33. The summed E-state index contributed by atoms with van der Waals surface area (Å²) in [7, 11) is -9.64. The van der Waals surface area contributed by atoms with Gasteiger partial charge in [0.25, 0.3) is 0 Å². The van der Waals surface area contributed by atoms with E-state index in [-0.39, 0.29) is 0 Å². The number of aliphatic hydroxyl groups is 1.